The van der Waals surface area contributed by atoms with Gasteiger partial charge in [0.05, 0.1) is 6.54 Å². The maximum atomic E-state index is 13.0. The Morgan fingerprint density at radius 3 is 1.79 bits per heavy atom. The summed E-state index contributed by atoms with van der Waals surface area (Å²) in [6.07, 6.45) is 4.30. The lowest BCUT2D eigenvalue weighted by Gasteiger charge is -2.37. The molecule has 1 fully saturated rings. The van der Waals surface area contributed by atoms with Crippen molar-refractivity contribution >= 4 is 11.8 Å². The maximum absolute atomic E-state index is 13.0. The molecule has 216 valence electrons. The van der Waals surface area contributed by atoms with Gasteiger partial charge in [0.15, 0.2) is 0 Å². The highest BCUT2D eigenvalue weighted by atomic mass is 16.2. The topological polar surface area (TPSA) is 61.4 Å². The number of carbonyl (C=O) groups excluding carboxylic acids is 2. The van der Waals surface area contributed by atoms with E-state index >= 15 is 0 Å². The number of amides is 2. The van der Waals surface area contributed by atoms with E-state index < -0.39 is 0 Å². The number of piperidine rings is 1. The molecule has 1 saturated heterocycles. The first-order valence-electron chi connectivity index (χ1n) is 15.1. The van der Waals surface area contributed by atoms with E-state index in [2.05, 4.69) is 94.4 Å². The minimum Gasteiger partial charge on any atom is -0.353 e. The average Bonchev–Trinajstić information content (AvgIpc) is 3.07. The summed E-state index contributed by atoms with van der Waals surface area (Å²) < 4.78 is 0. The fraction of sp³-hybridized carbons (Fsp3) is 0.297. The number of hydrogen-bond donors (Lipinski definition) is 2. The summed E-state index contributed by atoms with van der Waals surface area (Å²) in [5.74, 6) is 0.199. The minimum absolute atomic E-state index is 0.0657. The zero-order chi connectivity index (χ0) is 29.0. The molecule has 2 N–H and O–H groups in total. The maximum Gasteiger partial charge on any atom is 0.251 e. The van der Waals surface area contributed by atoms with Gasteiger partial charge >= 0.3 is 0 Å². The van der Waals surface area contributed by atoms with E-state index in [1.807, 2.05) is 30.3 Å². The first-order valence-corrected chi connectivity index (χ1v) is 15.1. The van der Waals surface area contributed by atoms with Crippen LogP contribution in [0.25, 0.3) is 0 Å². The van der Waals surface area contributed by atoms with Gasteiger partial charge in [-0.25, -0.2) is 0 Å². The third kappa shape index (κ3) is 7.54. The van der Waals surface area contributed by atoms with Gasteiger partial charge in [-0.1, -0.05) is 109 Å². The van der Waals surface area contributed by atoms with Gasteiger partial charge in [-0.15, -0.1) is 0 Å². The van der Waals surface area contributed by atoms with E-state index in [-0.39, 0.29) is 23.8 Å². The Balaban J connectivity index is 1.25. The molecular weight excluding hydrogens is 518 g/mol. The molecule has 4 aromatic carbocycles. The summed E-state index contributed by atoms with van der Waals surface area (Å²) in [5.41, 5.74) is 3.99. The lowest BCUT2D eigenvalue weighted by atomic mass is 9.71. The molecule has 0 aliphatic carbocycles. The van der Waals surface area contributed by atoms with E-state index in [1.165, 1.54) is 29.5 Å². The van der Waals surface area contributed by atoms with Gasteiger partial charge in [0.2, 0.25) is 5.91 Å². The van der Waals surface area contributed by atoms with Crippen molar-refractivity contribution in [2.45, 2.75) is 37.0 Å². The van der Waals surface area contributed by atoms with Crippen LogP contribution in [0.5, 0.6) is 0 Å². The Labute approximate surface area is 250 Å². The molecule has 0 radical (unpaired) electrons. The van der Waals surface area contributed by atoms with Crippen molar-refractivity contribution in [3.63, 3.8) is 0 Å². The number of benzene rings is 4. The molecule has 5 nitrogen and oxygen atoms in total. The second kappa shape index (κ2) is 14.6. The second-order valence-corrected chi connectivity index (χ2v) is 11.3. The molecule has 0 unspecified atom stereocenters. The van der Waals surface area contributed by atoms with Crippen LogP contribution in [-0.2, 0) is 10.2 Å². The van der Waals surface area contributed by atoms with Crippen molar-refractivity contribution < 1.29 is 9.59 Å². The molecule has 4 aromatic rings. The largest absolute Gasteiger partial charge is 0.353 e. The molecule has 0 atom stereocenters. The van der Waals surface area contributed by atoms with Crippen LogP contribution in [0, 0.1) is 0 Å². The smallest absolute Gasteiger partial charge is 0.251 e. The van der Waals surface area contributed by atoms with Crippen molar-refractivity contribution in [2.24, 2.45) is 0 Å². The molecule has 0 saturated carbocycles. The third-order valence-electron chi connectivity index (χ3n) is 8.62. The van der Waals surface area contributed by atoms with Crippen molar-refractivity contribution in [2.75, 3.05) is 32.7 Å². The summed E-state index contributed by atoms with van der Waals surface area (Å²) in [5, 5.41) is 5.93. The molecule has 2 amide bonds. The quantitative estimate of drug-likeness (QED) is 0.218. The van der Waals surface area contributed by atoms with Gasteiger partial charge in [0, 0.05) is 17.5 Å². The van der Waals surface area contributed by atoms with Crippen LogP contribution in [0.2, 0.25) is 0 Å². The lowest BCUT2D eigenvalue weighted by molar-refractivity contribution is -0.120. The number of nitrogens with zero attached hydrogens (tertiary/aromatic N) is 1. The van der Waals surface area contributed by atoms with Crippen LogP contribution in [0.4, 0.5) is 0 Å². The van der Waals surface area contributed by atoms with E-state index in [9.17, 15) is 9.59 Å². The number of hydrogen-bond acceptors (Lipinski definition) is 3. The summed E-state index contributed by atoms with van der Waals surface area (Å²) in [6.45, 7) is 3.65. The van der Waals surface area contributed by atoms with Crippen LogP contribution in [0.3, 0.4) is 0 Å². The summed E-state index contributed by atoms with van der Waals surface area (Å²) in [7, 11) is 0. The first-order chi connectivity index (χ1) is 20.6. The highest BCUT2D eigenvalue weighted by Crippen LogP contribution is 2.37. The van der Waals surface area contributed by atoms with Gasteiger partial charge in [-0.3, -0.25) is 9.59 Å². The van der Waals surface area contributed by atoms with Crippen molar-refractivity contribution in [3.05, 3.63) is 144 Å². The summed E-state index contributed by atoms with van der Waals surface area (Å²) >= 11 is 0. The number of nitrogens with one attached hydrogen (secondary N) is 2. The monoisotopic (exact) mass is 559 g/mol. The molecule has 42 heavy (non-hydrogen) atoms. The molecular formula is C37H41N3O2. The zero-order valence-corrected chi connectivity index (χ0v) is 24.3. The predicted octanol–water partition coefficient (Wildman–Crippen LogP) is 6.18. The first kappa shape index (κ1) is 29.3. The number of carbonyl (C=O) groups is 2. The van der Waals surface area contributed by atoms with E-state index in [0.29, 0.717) is 18.0 Å². The van der Waals surface area contributed by atoms with Crippen LogP contribution < -0.4 is 10.6 Å². The predicted molar refractivity (Wildman–Crippen MR) is 170 cm³/mol. The van der Waals surface area contributed by atoms with Crippen LogP contribution in [-0.4, -0.2) is 49.4 Å². The van der Waals surface area contributed by atoms with Gasteiger partial charge in [0.1, 0.15) is 0 Å². The van der Waals surface area contributed by atoms with Crippen LogP contribution in [0.15, 0.2) is 121 Å². The molecule has 5 heteroatoms. The summed E-state index contributed by atoms with van der Waals surface area (Å²) in [6, 6.07) is 40.9. The number of likely N-dealkylation sites (tertiary alicyclic amines) is 1. The molecule has 1 aliphatic heterocycles. The van der Waals surface area contributed by atoms with Crippen LogP contribution in [0.1, 0.15) is 58.6 Å². The van der Waals surface area contributed by atoms with Crippen molar-refractivity contribution in [1.29, 1.82) is 0 Å². The van der Waals surface area contributed by atoms with Gasteiger partial charge in [-0.05, 0) is 80.1 Å². The molecule has 1 heterocycles. The third-order valence-corrected chi connectivity index (χ3v) is 8.62. The molecule has 0 aromatic heterocycles. The normalized spacial score (nSPS) is 14.3. The van der Waals surface area contributed by atoms with Crippen molar-refractivity contribution in [1.82, 2.24) is 15.5 Å². The Morgan fingerprint density at radius 1 is 0.690 bits per heavy atom. The average molecular weight is 560 g/mol. The van der Waals surface area contributed by atoms with Crippen molar-refractivity contribution in [3.8, 4) is 0 Å². The second-order valence-electron chi connectivity index (χ2n) is 11.3. The fourth-order valence-corrected chi connectivity index (χ4v) is 6.25. The Morgan fingerprint density at radius 2 is 1.21 bits per heavy atom. The fourth-order valence-electron chi connectivity index (χ4n) is 6.25. The minimum atomic E-state index is -0.385. The standard InChI is InChI=1S/C37H41N3O2/c41-35(28-38-36(42)32-16-7-2-8-17-32)39-29-37(33-18-9-3-10-19-33,34-20-11-4-12-21-34)24-13-25-40-26-22-31(23-27-40)30-14-5-1-6-15-30/h1-12,14-21,31H,13,22-29H2,(H,38,42)(H,39,41). The van der Waals surface area contributed by atoms with E-state index in [0.717, 1.165) is 32.5 Å². The lowest BCUT2D eigenvalue weighted by Crippen LogP contribution is -2.45. The highest BCUT2D eigenvalue weighted by Gasteiger charge is 2.34. The SMILES string of the molecule is O=C(CNC(=O)c1ccccc1)NCC(CCCN1CCC(c2ccccc2)CC1)(c1ccccc1)c1ccccc1. The highest BCUT2D eigenvalue weighted by molar-refractivity contribution is 5.96. The zero-order valence-electron chi connectivity index (χ0n) is 24.3. The van der Waals surface area contributed by atoms with Gasteiger partial charge < -0.3 is 15.5 Å². The van der Waals surface area contributed by atoms with E-state index in [4.69, 9.17) is 0 Å². The Kier molecular flexibility index (Phi) is 10.2. The molecule has 5 rings (SSSR count). The van der Waals surface area contributed by atoms with Gasteiger partial charge in [-0.2, -0.15) is 0 Å². The number of rotatable bonds is 12. The van der Waals surface area contributed by atoms with E-state index in [1.54, 1.807) is 12.1 Å². The van der Waals surface area contributed by atoms with Gasteiger partial charge in [0.25, 0.3) is 5.91 Å². The molecule has 0 bridgehead atoms. The molecule has 1 aliphatic rings. The summed E-state index contributed by atoms with van der Waals surface area (Å²) in [4.78, 5) is 28.1. The Hall–Kier alpha value is -4.22. The Bertz CT molecular complexity index is 1350. The van der Waals surface area contributed by atoms with Crippen LogP contribution >= 0.6 is 0 Å². The molecule has 0 spiro atoms.